The molecule has 3 rings (SSSR count). The maximum absolute atomic E-state index is 12.5. The van der Waals surface area contributed by atoms with Gasteiger partial charge in [-0.3, -0.25) is 19.3 Å². The number of ether oxygens (including phenoxy) is 1. The van der Waals surface area contributed by atoms with Crippen molar-refractivity contribution < 1.29 is 32.3 Å². The summed E-state index contributed by atoms with van der Waals surface area (Å²) >= 11 is 11.8. The zero-order valence-electron chi connectivity index (χ0n) is 15.1. The molecule has 2 aliphatic rings. The number of hydrogen-bond acceptors (Lipinski definition) is 7. The van der Waals surface area contributed by atoms with Crippen molar-refractivity contribution in [1.29, 1.82) is 0 Å². The first kappa shape index (κ1) is 21.5. The molecule has 2 aliphatic heterocycles. The number of halogens is 2. The van der Waals surface area contributed by atoms with Crippen molar-refractivity contribution in [2.45, 2.75) is 25.4 Å². The van der Waals surface area contributed by atoms with Crippen LogP contribution in [-0.4, -0.2) is 67.2 Å². The molecule has 12 heteroatoms. The highest BCUT2D eigenvalue weighted by atomic mass is 35.5. The van der Waals surface area contributed by atoms with Crippen molar-refractivity contribution in [2.75, 3.05) is 18.1 Å². The number of fused-ring (bicyclic) bond motifs is 1. The standard InChI is InChI=1S/C17H16Cl2N2O7S/c1-8(17(25)28-6-14(22)20-9-2-3-29(26,27)7-9)21-15(23)10-4-12(18)13(19)5-11(10)16(21)24/h4-5,8-9H,2-3,6-7H2,1H3,(H,20,22)/t8-,9?/m0/s1. The van der Waals surface area contributed by atoms with Crippen LogP contribution in [0.25, 0.3) is 0 Å². The predicted molar refractivity (Wildman–Crippen MR) is 103 cm³/mol. The molecule has 2 atom stereocenters. The lowest BCUT2D eigenvalue weighted by atomic mass is 10.1. The van der Waals surface area contributed by atoms with E-state index in [2.05, 4.69) is 5.32 Å². The number of carbonyl (C=O) groups excluding carboxylic acids is 4. The summed E-state index contributed by atoms with van der Waals surface area (Å²) in [6.07, 6.45) is 0.290. The summed E-state index contributed by atoms with van der Waals surface area (Å²) in [5, 5.41) is 2.65. The van der Waals surface area contributed by atoms with Crippen LogP contribution < -0.4 is 5.32 Å². The zero-order valence-corrected chi connectivity index (χ0v) is 17.4. The molecule has 1 aromatic rings. The van der Waals surface area contributed by atoms with E-state index in [4.69, 9.17) is 27.9 Å². The Labute approximate surface area is 176 Å². The molecule has 2 heterocycles. The van der Waals surface area contributed by atoms with E-state index in [1.807, 2.05) is 0 Å². The molecule has 0 radical (unpaired) electrons. The van der Waals surface area contributed by atoms with E-state index in [0.29, 0.717) is 11.3 Å². The highest BCUT2D eigenvalue weighted by molar-refractivity contribution is 7.91. The maximum atomic E-state index is 12.5. The van der Waals surface area contributed by atoms with Gasteiger partial charge in [0.2, 0.25) is 0 Å². The Hall–Kier alpha value is -2.17. The normalized spacial score (nSPS) is 21.1. The molecule has 0 bridgehead atoms. The smallest absolute Gasteiger partial charge is 0.329 e. The molecule has 9 nitrogen and oxygen atoms in total. The Bertz CT molecular complexity index is 984. The second-order valence-corrected chi connectivity index (χ2v) is 9.79. The van der Waals surface area contributed by atoms with Gasteiger partial charge in [-0.05, 0) is 25.5 Å². The maximum Gasteiger partial charge on any atom is 0.329 e. The average molecular weight is 463 g/mol. The Morgan fingerprint density at radius 1 is 1.21 bits per heavy atom. The number of hydrogen-bond donors (Lipinski definition) is 1. The Morgan fingerprint density at radius 3 is 2.24 bits per heavy atom. The number of carbonyl (C=O) groups is 4. The van der Waals surface area contributed by atoms with Crippen molar-refractivity contribution in [3.63, 3.8) is 0 Å². The fourth-order valence-electron chi connectivity index (χ4n) is 3.15. The summed E-state index contributed by atoms with van der Waals surface area (Å²) in [6, 6.07) is 0.676. The first-order valence-corrected chi connectivity index (χ1v) is 11.1. The number of nitrogens with zero attached hydrogens (tertiary/aromatic N) is 1. The van der Waals surface area contributed by atoms with Crippen LogP contribution in [0.5, 0.6) is 0 Å². The number of esters is 1. The second kappa shape index (κ2) is 7.92. The third kappa shape index (κ3) is 4.39. The second-order valence-electron chi connectivity index (χ2n) is 6.74. The molecule has 1 fully saturated rings. The predicted octanol–water partition coefficient (Wildman–Crippen LogP) is 0.824. The van der Waals surface area contributed by atoms with Crippen molar-refractivity contribution in [1.82, 2.24) is 10.2 Å². The molecular weight excluding hydrogens is 447 g/mol. The van der Waals surface area contributed by atoms with Crippen LogP contribution in [0.4, 0.5) is 0 Å². The molecule has 3 amide bonds. The van der Waals surface area contributed by atoms with Crippen LogP contribution >= 0.6 is 23.2 Å². The van der Waals surface area contributed by atoms with E-state index in [-0.39, 0.29) is 32.7 Å². The fraction of sp³-hybridized carbons (Fsp3) is 0.412. The molecule has 1 saturated heterocycles. The van der Waals surface area contributed by atoms with Crippen molar-refractivity contribution in [3.05, 3.63) is 33.3 Å². The van der Waals surface area contributed by atoms with Crippen LogP contribution in [0.15, 0.2) is 12.1 Å². The summed E-state index contributed by atoms with van der Waals surface area (Å²) < 4.78 is 27.7. The third-order valence-corrected chi connectivity index (χ3v) is 7.12. The molecule has 29 heavy (non-hydrogen) atoms. The van der Waals surface area contributed by atoms with E-state index in [1.54, 1.807) is 0 Å². The summed E-state index contributed by atoms with van der Waals surface area (Å²) in [4.78, 5) is 49.9. The van der Waals surface area contributed by atoms with E-state index in [9.17, 15) is 27.6 Å². The first-order valence-electron chi connectivity index (χ1n) is 8.53. The van der Waals surface area contributed by atoms with Gasteiger partial charge in [-0.2, -0.15) is 0 Å². The average Bonchev–Trinajstić information content (AvgIpc) is 3.09. The highest BCUT2D eigenvalue weighted by Crippen LogP contribution is 2.32. The van der Waals surface area contributed by atoms with E-state index in [0.717, 1.165) is 0 Å². The monoisotopic (exact) mass is 462 g/mol. The number of benzene rings is 1. The van der Waals surface area contributed by atoms with E-state index < -0.39 is 52.2 Å². The number of sulfone groups is 1. The van der Waals surface area contributed by atoms with Crippen molar-refractivity contribution >= 4 is 56.7 Å². The largest absolute Gasteiger partial charge is 0.454 e. The lowest BCUT2D eigenvalue weighted by Gasteiger charge is -2.21. The van der Waals surface area contributed by atoms with Gasteiger partial charge in [0.1, 0.15) is 6.04 Å². The van der Waals surface area contributed by atoms with Gasteiger partial charge >= 0.3 is 5.97 Å². The Kier molecular flexibility index (Phi) is 5.88. The van der Waals surface area contributed by atoms with Gasteiger partial charge in [0.05, 0.1) is 32.7 Å². The van der Waals surface area contributed by atoms with Crippen LogP contribution in [0.2, 0.25) is 10.0 Å². The lowest BCUT2D eigenvalue weighted by Crippen LogP contribution is -2.45. The highest BCUT2D eigenvalue weighted by Gasteiger charge is 2.42. The molecule has 156 valence electrons. The Balaban J connectivity index is 1.60. The molecule has 0 spiro atoms. The SMILES string of the molecule is C[C@@H](C(=O)OCC(=O)NC1CCS(=O)(=O)C1)N1C(=O)c2cc(Cl)c(Cl)cc2C1=O. The minimum atomic E-state index is -3.16. The number of imide groups is 1. The van der Waals surface area contributed by atoms with Crippen LogP contribution in [-0.2, 0) is 24.2 Å². The van der Waals surface area contributed by atoms with Gasteiger partial charge in [0, 0.05) is 6.04 Å². The number of nitrogens with one attached hydrogen (secondary N) is 1. The number of rotatable bonds is 5. The molecule has 0 aliphatic carbocycles. The first-order chi connectivity index (χ1) is 13.5. The fourth-order valence-corrected chi connectivity index (χ4v) is 5.15. The molecule has 1 unspecified atom stereocenters. The van der Waals surface area contributed by atoms with E-state index in [1.165, 1.54) is 19.1 Å². The van der Waals surface area contributed by atoms with E-state index >= 15 is 0 Å². The molecule has 0 aromatic heterocycles. The van der Waals surface area contributed by atoms with Gasteiger partial charge in [0.25, 0.3) is 17.7 Å². The van der Waals surface area contributed by atoms with Gasteiger partial charge in [-0.25, -0.2) is 13.2 Å². The van der Waals surface area contributed by atoms with Crippen LogP contribution in [0.3, 0.4) is 0 Å². The Morgan fingerprint density at radius 2 is 1.76 bits per heavy atom. The van der Waals surface area contributed by atoms with Gasteiger partial charge in [0.15, 0.2) is 16.4 Å². The van der Waals surface area contributed by atoms with Crippen molar-refractivity contribution in [2.24, 2.45) is 0 Å². The quantitative estimate of drug-likeness (QED) is 0.506. The molecular formula is C17H16Cl2N2O7S. The zero-order chi connectivity index (χ0) is 21.5. The summed E-state index contributed by atoms with van der Waals surface area (Å²) in [5.74, 6) is -3.27. The van der Waals surface area contributed by atoms with Crippen LogP contribution in [0, 0.1) is 0 Å². The van der Waals surface area contributed by atoms with Crippen LogP contribution in [0.1, 0.15) is 34.1 Å². The summed E-state index contributed by atoms with van der Waals surface area (Å²) in [5.41, 5.74) is 0.0356. The van der Waals surface area contributed by atoms with Crippen molar-refractivity contribution in [3.8, 4) is 0 Å². The van der Waals surface area contributed by atoms with Gasteiger partial charge in [-0.15, -0.1) is 0 Å². The minimum absolute atomic E-state index is 0.0114. The summed E-state index contributed by atoms with van der Waals surface area (Å²) in [6.45, 7) is 0.620. The lowest BCUT2D eigenvalue weighted by molar-refractivity contribution is -0.152. The number of amides is 3. The molecule has 1 aromatic carbocycles. The minimum Gasteiger partial charge on any atom is -0.454 e. The topological polar surface area (TPSA) is 127 Å². The third-order valence-electron chi connectivity index (χ3n) is 4.63. The molecule has 0 saturated carbocycles. The van der Waals surface area contributed by atoms with Gasteiger partial charge < -0.3 is 10.1 Å². The molecule has 1 N–H and O–H groups in total. The van der Waals surface area contributed by atoms with Gasteiger partial charge in [-0.1, -0.05) is 23.2 Å². The summed E-state index contributed by atoms with van der Waals surface area (Å²) in [7, 11) is -3.16.